The molecular formula is C12H18ClNO. The van der Waals surface area contributed by atoms with Crippen LogP contribution < -0.4 is 5.73 Å². The van der Waals surface area contributed by atoms with Gasteiger partial charge in [0.25, 0.3) is 0 Å². The molecule has 1 aliphatic heterocycles. The highest BCUT2D eigenvalue weighted by Gasteiger charge is 2.23. The zero-order valence-corrected chi connectivity index (χ0v) is 9.80. The Labute approximate surface area is 97.2 Å². The van der Waals surface area contributed by atoms with Crippen molar-refractivity contribution in [1.29, 1.82) is 0 Å². The molecule has 0 radical (unpaired) electrons. The molecule has 84 valence electrons. The number of rotatable bonds is 1. The van der Waals surface area contributed by atoms with E-state index >= 15 is 0 Å². The first-order valence-corrected chi connectivity index (χ1v) is 5.21. The molecule has 1 heterocycles. The van der Waals surface area contributed by atoms with Gasteiger partial charge in [0.15, 0.2) is 0 Å². The fourth-order valence-electron chi connectivity index (χ4n) is 1.90. The van der Waals surface area contributed by atoms with Crippen molar-refractivity contribution in [1.82, 2.24) is 0 Å². The second kappa shape index (κ2) is 5.50. The van der Waals surface area contributed by atoms with E-state index in [1.54, 1.807) is 0 Å². The predicted octanol–water partition coefficient (Wildman–Crippen LogP) is 2.60. The van der Waals surface area contributed by atoms with Gasteiger partial charge < -0.3 is 10.5 Å². The van der Waals surface area contributed by atoms with Gasteiger partial charge in [0.1, 0.15) is 0 Å². The van der Waals surface area contributed by atoms with E-state index in [1.807, 2.05) is 0 Å². The van der Waals surface area contributed by atoms with Gasteiger partial charge in [-0.3, -0.25) is 0 Å². The van der Waals surface area contributed by atoms with Crippen molar-refractivity contribution in [3.05, 3.63) is 35.4 Å². The van der Waals surface area contributed by atoms with Crippen LogP contribution in [-0.4, -0.2) is 12.6 Å². The SMILES string of the molecule is Cc1ccc([C@@H]2OCCC[C@H]2N)cc1.Cl. The maximum absolute atomic E-state index is 6.02. The smallest absolute Gasteiger partial charge is 0.0975 e. The molecule has 1 aromatic carbocycles. The van der Waals surface area contributed by atoms with Gasteiger partial charge in [-0.05, 0) is 25.3 Å². The van der Waals surface area contributed by atoms with E-state index in [2.05, 4.69) is 31.2 Å². The summed E-state index contributed by atoms with van der Waals surface area (Å²) in [6, 6.07) is 8.61. The molecular weight excluding hydrogens is 210 g/mol. The van der Waals surface area contributed by atoms with E-state index < -0.39 is 0 Å². The number of ether oxygens (including phenoxy) is 1. The van der Waals surface area contributed by atoms with Crippen LogP contribution >= 0.6 is 12.4 Å². The normalized spacial score (nSPS) is 25.7. The molecule has 2 rings (SSSR count). The fourth-order valence-corrected chi connectivity index (χ4v) is 1.90. The largest absolute Gasteiger partial charge is 0.372 e. The van der Waals surface area contributed by atoms with Crippen molar-refractivity contribution in [2.75, 3.05) is 6.61 Å². The molecule has 0 saturated carbocycles. The van der Waals surface area contributed by atoms with Crippen molar-refractivity contribution in [3.8, 4) is 0 Å². The Morgan fingerprint density at radius 2 is 1.93 bits per heavy atom. The highest BCUT2D eigenvalue weighted by molar-refractivity contribution is 5.85. The number of halogens is 1. The molecule has 3 heteroatoms. The first-order chi connectivity index (χ1) is 6.77. The minimum Gasteiger partial charge on any atom is -0.372 e. The van der Waals surface area contributed by atoms with Crippen molar-refractivity contribution >= 4 is 12.4 Å². The highest BCUT2D eigenvalue weighted by atomic mass is 35.5. The molecule has 1 aliphatic rings. The lowest BCUT2D eigenvalue weighted by Crippen LogP contribution is -2.34. The molecule has 0 unspecified atom stereocenters. The Morgan fingerprint density at radius 1 is 1.27 bits per heavy atom. The highest BCUT2D eigenvalue weighted by Crippen LogP contribution is 2.26. The molecule has 15 heavy (non-hydrogen) atoms. The second-order valence-electron chi connectivity index (χ2n) is 4.01. The van der Waals surface area contributed by atoms with Crippen molar-refractivity contribution in [2.24, 2.45) is 5.73 Å². The number of nitrogens with two attached hydrogens (primary N) is 1. The van der Waals surface area contributed by atoms with E-state index in [9.17, 15) is 0 Å². The van der Waals surface area contributed by atoms with Crippen LogP contribution in [0.5, 0.6) is 0 Å². The fraction of sp³-hybridized carbons (Fsp3) is 0.500. The number of hydrogen-bond donors (Lipinski definition) is 1. The summed E-state index contributed by atoms with van der Waals surface area (Å²) in [5.41, 5.74) is 8.51. The Bertz CT molecular complexity index is 299. The van der Waals surface area contributed by atoms with E-state index in [0.29, 0.717) is 0 Å². The van der Waals surface area contributed by atoms with Crippen LogP contribution in [0.2, 0.25) is 0 Å². The lowest BCUT2D eigenvalue weighted by molar-refractivity contribution is 0.000142. The summed E-state index contributed by atoms with van der Waals surface area (Å²) in [6.07, 6.45) is 2.26. The molecule has 1 fully saturated rings. The summed E-state index contributed by atoms with van der Waals surface area (Å²) in [5.74, 6) is 0. The Morgan fingerprint density at radius 3 is 2.53 bits per heavy atom. The number of aryl methyl sites for hydroxylation is 1. The first kappa shape index (κ1) is 12.5. The van der Waals surface area contributed by atoms with Gasteiger partial charge in [-0.25, -0.2) is 0 Å². The van der Waals surface area contributed by atoms with Gasteiger partial charge in [-0.2, -0.15) is 0 Å². The monoisotopic (exact) mass is 227 g/mol. The van der Waals surface area contributed by atoms with Crippen LogP contribution in [-0.2, 0) is 4.74 Å². The van der Waals surface area contributed by atoms with E-state index in [1.165, 1.54) is 11.1 Å². The van der Waals surface area contributed by atoms with E-state index in [0.717, 1.165) is 19.4 Å². The van der Waals surface area contributed by atoms with E-state index in [-0.39, 0.29) is 24.6 Å². The molecule has 1 aromatic rings. The molecule has 0 bridgehead atoms. The van der Waals surface area contributed by atoms with Crippen LogP contribution in [0, 0.1) is 6.92 Å². The molecule has 2 N–H and O–H groups in total. The van der Waals surface area contributed by atoms with Gasteiger partial charge in [-0.1, -0.05) is 29.8 Å². The molecule has 2 atom stereocenters. The van der Waals surface area contributed by atoms with Gasteiger partial charge in [0, 0.05) is 12.6 Å². The lowest BCUT2D eigenvalue weighted by atomic mass is 9.96. The molecule has 0 aromatic heterocycles. The molecule has 0 aliphatic carbocycles. The minimum absolute atomic E-state index is 0. The number of benzene rings is 1. The molecule has 1 saturated heterocycles. The lowest BCUT2D eigenvalue weighted by Gasteiger charge is -2.29. The van der Waals surface area contributed by atoms with Gasteiger partial charge in [0.05, 0.1) is 6.10 Å². The summed E-state index contributed by atoms with van der Waals surface area (Å²) < 4.78 is 5.69. The zero-order valence-electron chi connectivity index (χ0n) is 8.98. The van der Waals surface area contributed by atoms with Crippen molar-refractivity contribution in [3.63, 3.8) is 0 Å². The third-order valence-electron chi connectivity index (χ3n) is 2.77. The van der Waals surface area contributed by atoms with Crippen LogP contribution in [0.25, 0.3) is 0 Å². The number of hydrogen-bond acceptors (Lipinski definition) is 2. The Kier molecular flexibility index (Phi) is 4.58. The van der Waals surface area contributed by atoms with Gasteiger partial charge >= 0.3 is 0 Å². The Balaban J connectivity index is 0.00000112. The van der Waals surface area contributed by atoms with Crippen LogP contribution in [0.15, 0.2) is 24.3 Å². The maximum Gasteiger partial charge on any atom is 0.0975 e. The van der Waals surface area contributed by atoms with Crippen LogP contribution in [0.1, 0.15) is 30.1 Å². The molecule has 2 nitrogen and oxygen atoms in total. The topological polar surface area (TPSA) is 35.2 Å². The third-order valence-corrected chi connectivity index (χ3v) is 2.77. The average Bonchev–Trinajstić information content (AvgIpc) is 2.20. The quantitative estimate of drug-likeness (QED) is 0.801. The third kappa shape index (κ3) is 2.94. The Hall–Kier alpha value is -0.570. The average molecular weight is 228 g/mol. The summed E-state index contributed by atoms with van der Waals surface area (Å²) >= 11 is 0. The standard InChI is InChI=1S/C12H17NO.ClH/c1-9-4-6-10(7-5-9)12-11(13)3-2-8-14-12;/h4-7,11-12H,2-3,8,13H2,1H3;1H/t11-,12+;/m1./s1. The maximum atomic E-state index is 6.02. The second-order valence-corrected chi connectivity index (χ2v) is 4.01. The van der Waals surface area contributed by atoms with Gasteiger partial charge in [0.2, 0.25) is 0 Å². The van der Waals surface area contributed by atoms with Crippen molar-refractivity contribution in [2.45, 2.75) is 31.9 Å². The first-order valence-electron chi connectivity index (χ1n) is 5.21. The van der Waals surface area contributed by atoms with Crippen molar-refractivity contribution < 1.29 is 4.74 Å². The minimum atomic E-state index is 0. The summed E-state index contributed by atoms with van der Waals surface area (Å²) in [6.45, 7) is 2.93. The van der Waals surface area contributed by atoms with Crippen LogP contribution in [0.4, 0.5) is 0 Å². The van der Waals surface area contributed by atoms with Gasteiger partial charge in [-0.15, -0.1) is 12.4 Å². The summed E-state index contributed by atoms with van der Waals surface area (Å²) in [4.78, 5) is 0. The van der Waals surface area contributed by atoms with Crippen LogP contribution in [0.3, 0.4) is 0 Å². The summed E-state index contributed by atoms with van der Waals surface area (Å²) in [5, 5.41) is 0. The zero-order chi connectivity index (χ0) is 9.97. The molecule has 0 spiro atoms. The molecule has 0 amide bonds. The van der Waals surface area contributed by atoms with E-state index in [4.69, 9.17) is 10.5 Å². The summed E-state index contributed by atoms with van der Waals surface area (Å²) in [7, 11) is 0. The predicted molar refractivity (Wildman–Crippen MR) is 64.3 cm³/mol.